The first-order valence-corrected chi connectivity index (χ1v) is 18.1. The quantitative estimate of drug-likeness (QED) is 0.189. The summed E-state index contributed by atoms with van der Waals surface area (Å²) in [5.74, 6) is 0. The maximum atomic E-state index is 2.48. The van der Waals surface area contributed by atoms with E-state index in [1.54, 1.807) is 0 Å². The third-order valence-corrected chi connectivity index (χ3v) is 12.4. The van der Waals surface area contributed by atoms with E-state index in [2.05, 4.69) is 189 Å². The molecule has 1 saturated carbocycles. The summed E-state index contributed by atoms with van der Waals surface area (Å²) in [5.41, 5.74) is 18.8. The average Bonchev–Trinajstić information content (AvgIpc) is 3.56. The van der Waals surface area contributed by atoms with Gasteiger partial charge in [-0.05, 0) is 123 Å². The molecule has 1 atom stereocenters. The van der Waals surface area contributed by atoms with Crippen molar-refractivity contribution >= 4 is 17.1 Å². The lowest BCUT2D eigenvalue weighted by Crippen LogP contribution is -2.22. The van der Waals surface area contributed by atoms with E-state index in [9.17, 15) is 0 Å². The van der Waals surface area contributed by atoms with Gasteiger partial charge in [0.25, 0.3) is 0 Å². The largest absolute Gasteiger partial charge is 0.310 e. The van der Waals surface area contributed by atoms with Crippen LogP contribution in [-0.2, 0) is 16.2 Å². The lowest BCUT2D eigenvalue weighted by Gasteiger charge is -2.31. The van der Waals surface area contributed by atoms with E-state index in [1.165, 1.54) is 78.3 Å². The summed E-state index contributed by atoms with van der Waals surface area (Å²) in [6, 6.07) is 41.6. The van der Waals surface area contributed by atoms with Gasteiger partial charge in [-0.15, -0.1) is 0 Å². The summed E-state index contributed by atoms with van der Waals surface area (Å²) in [7, 11) is 0. The Balaban J connectivity index is 1.28. The molecule has 0 heterocycles. The summed E-state index contributed by atoms with van der Waals surface area (Å²) in [6.07, 6.45) is 5.78. The summed E-state index contributed by atoms with van der Waals surface area (Å²) in [5, 5.41) is 0. The summed E-state index contributed by atoms with van der Waals surface area (Å²) >= 11 is 0. The third kappa shape index (κ3) is 4.44. The zero-order chi connectivity index (χ0) is 34.5. The number of allylic oxidation sites excluding steroid dienone is 4. The van der Waals surface area contributed by atoms with Crippen LogP contribution in [0.4, 0.5) is 17.1 Å². The fourth-order valence-corrected chi connectivity index (χ4v) is 10.1. The van der Waals surface area contributed by atoms with Crippen molar-refractivity contribution in [3.63, 3.8) is 0 Å². The first-order valence-electron chi connectivity index (χ1n) is 18.1. The molecule has 0 saturated heterocycles. The van der Waals surface area contributed by atoms with Crippen molar-refractivity contribution in [2.24, 2.45) is 5.41 Å². The van der Waals surface area contributed by atoms with Crippen LogP contribution in [0.1, 0.15) is 96.6 Å². The molecule has 49 heavy (non-hydrogen) atoms. The highest BCUT2D eigenvalue weighted by Gasteiger charge is 2.47. The van der Waals surface area contributed by atoms with E-state index in [-0.39, 0.29) is 21.7 Å². The zero-order valence-electron chi connectivity index (χ0n) is 30.7. The SMILES string of the molecule is CC=C1/C(=C\C)C(C)(c2ccc(N(c3ccc4c(c3)C(C)(C)c3ccccc3-4)c3ccc4c(c3)C(C)(C)c3ccccc3-4)cc2)CC1(C)C. The Morgan fingerprint density at radius 1 is 0.469 bits per heavy atom. The molecule has 0 N–H and O–H groups in total. The number of hydrogen-bond donors (Lipinski definition) is 0. The molecular weight excluding hydrogens is 591 g/mol. The number of benzene rings is 5. The van der Waals surface area contributed by atoms with Crippen LogP contribution < -0.4 is 4.90 Å². The second-order valence-electron chi connectivity index (χ2n) is 16.5. The van der Waals surface area contributed by atoms with Crippen molar-refractivity contribution in [1.82, 2.24) is 0 Å². The molecule has 0 amide bonds. The minimum atomic E-state index is -0.0731. The maximum Gasteiger partial charge on any atom is 0.0465 e. The van der Waals surface area contributed by atoms with Crippen LogP contribution >= 0.6 is 0 Å². The van der Waals surface area contributed by atoms with E-state index >= 15 is 0 Å². The summed E-state index contributed by atoms with van der Waals surface area (Å²) < 4.78 is 0. The molecule has 0 radical (unpaired) electrons. The molecule has 0 spiro atoms. The first kappa shape index (κ1) is 31.6. The van der Waals surface area contributed by atoms with Crippen molar-refractivity contribution in [2.45, 2.75) is 85.0 Å². The van der Waals surface area contributed by atoms with Crippen molar-refractivity contribution in [3.05, 3.63) is 160 Å². The van der Waals surface area contributed by atoms with Gasteiger partial charge in [0, 0.05) is 33.3 Å². The third-order valence-electron chi connectivity index (χ3n) is 12.4. The van der Waals surface area contributed by atoms with Gasteiger partial charge in [-0.2, -0.15) is 0 Å². The monoisotopic (exact) mass is 639 g/mol. The first-order chi connectivity index (χ1) is 23.3. The van der Waals surface area contributed by atoms with Crippen LogP contribution in [-0.4, -0.2) is 0 Å². The Morgan fingerprint density at radius 3 is 1.37 bits per heavy atom. The Kier molecular flexibility index (Phi) is 6.90. The highest BCUT2D eigenvalue weighted by molar-refractivity contribution is 5.88. The zero-order valence-corrected chi connectivity index (χ0v) is 30.7. The molecule has 1 nitrogen and oxygen atoms in total. The van der Waals surface area contributed by atoms with Crippen molar-refractivity contribution < 1.29 is 0 Å². The van der Waals surface area contributed by atoms with Gasteiger partial charge < -0.3 is 4.90 Å². The predicted octanol–water partition coefficient (Wildman–Crippen LogP) is 13.3. The van der Waals surface area contributed by atoms with Crippen LogP contribution in [0.25, 0.3) is 22.3 Å². The normalized spacial score (nSPS) is 22.1. The van der Waals surface area contributed by atoms with Gasteiger partial charge in [0.2, 0.25) is 0 Å². The van der Waals surface area contributed by atoms with Crippen LogP contribution in [0.2, 0.25) is 0 Å². The van der Waals surface area contributed by atoms with Gasteiger partial charge in [0.15, 0.2) is 0 Å². The van der Waals surface area contributed by atoms with Gasteiger partial charge in [0.05, 0.1) is 0 Å². The van der Waals surface area contributed by atoms with Crippen molar-refractivity contribution in [1.29, 1.82) is 0 Å². The second-order valence-corrected chi connectivity index (χ2v) is 16.5. The molecule has 8 rings (SSSR count). The second kappa shape index (κ2) is 10.7. The molecule has 3 aliphatic carbocycles. The fourth-order valence-electron chi connectivity index (χ4n) is 10.1. The minimum Gasteiger partial charge on any atom is -0.310 e. The molecule has 1 fully saturated rings. The van der Waals surface area contributed by atoms with Crippen molar-refractivity contribution in [3.8, 4) is 22.3 Å². The lowest BCUT2D eigenvalue weighted by atomic mass is 9.75. The number of rotatable bonds is 4. The summed E-state index contributed by atoms with van der Waals surface area (Å²) in [4.78, 5) is 2.48. The van der Waals surface area contributed by atoms with Gasteiger partial charge in [-0.25, -0.2) is 0 Å². The Hall–Kier alpha value is -4.62. The molecule has 1 unspecified atom stereocenters. The maximum absolute atomic E-state index is 2.48. The highest BCUT2D eigenvalue weighted by Crippen LogP contribution is 2.58. The predicted molar refractivity (Wildman–Crippen MR) is 210 cm³/mol. The van der Waals surface area contributed by atoms with Crippen LogP contribution in [0.3, 0.4) is 0 Å². The van der Waals surface area contributed by atoms with Crippen LogP contribution in [0, 0.1) is 5.41 Å². The number of anilines is 3. The van der Waals surface area contributed by atoms with Crippen LogP contribution in [0.5, 0.6) is 0 Å². The van der Waals surface area contributed by atoms with Gasteiger partial charge in [-0.3, -0.25) is 0 Å². The van der Waals surface area contributed by atoms with E-state index in [4.69, 9.17) is 0 Å². The van der Waals surface area contributed by atoms with E-state index < -0.39 is 0 Å². The van der Waals surface area contributed by atoms with E-state index in [0.717, 1.165) is 6.42 Å². The molecule has 1 heteroatoms. The number of fused-ring (bicyclic) bond motifs is 6. The topological polar surface area (TPSA) is 3.24 Å². The average molecular weight is 640 g/mol. The van der Waals surface area contributed by atoms with Gasteiger partial charge >= 0.3 is 0 Å². The van der Waals surface area contributed by atoms with Gasteiger partial charge in [0.1, 0.15) is 0 Å². The molecule has 246 valence electrons. The Morgan fingerprint density at radius 2 is 0.898 bits per heavy atom. The Labute approximate surface area is 294 Å². The highest BCUT2D eigenvalue weighted by atomic mass is 15.1. The molecule has 0 aromatic heterocycles. The van der Waals surface area contributed by atoms with E-state index in [0.29, 0.717) is 0 Å². The fraction of sp³-hybridized carbons (Fsp3) is 0.292. The van der Waals surface area contributed by atoms with Crippen molar-refractivity contribution in [2.75, 3.05) is 4.90 Å². The minimum absolute atomic E-state index is 0.0316. The molecular formula is C48H49N. The number of hydrogen-bond acceptors (Lipinski definition) is 1. The summed E-state index contributed by atoms with van der Waals surface area (Å²) in [6.45, 7) is 21.1. The van der Waals surface area contributed by atoms with Crippen LogP contribution in [0.15, 0.2) is 132 Å². The standard InChI is InChI=1S/C48H49N/c1-10-39-40(11-2)48(9,30-45(39,3)4)31-20-22-32(23-21-31)49(33-24-26-37-35-16-12-14-18-41(35)46(5,6)43(37)28-33)34-25-27-38-36-17-13-15-19-42(36)47(7,8)44(38)29-34/h10-29H,30H2,1-9H3/b39-10?,40-11+. The molecule has 0 aliphatic heterocycles. The van der Waals surface area contributed by atoms with E-state index in [1.807, 2.05) is 0 Å². The molecule has 0 bridgehead atoms. The smallest absolute Gasteiger partial charge is 0.0465 e. The molecule has 5 aromatic carbocycles. The lowest BCUT2D eigenvalue weighted by molar-refractivity contribution is 0.388. The molecule has 3 aliphatic rings. The van der Waals surface area contributed by atoms with Gasteiger partial charge in [-0.1, -0.05) is 133 Å². The number of nitrogens with zero attached hydrogens (tertiary/aromatic N) is 1. The Bertz CT molecular complexity index is 2100. The molecule has 5 aromatic rings.